The molecule has 144 valence electrons. The van der Waals surface area contributed by atoms with E-state index in [0.29, 0.717) is 18.4 Å². The maximum absolute atomic E-state index is 12.3. The van der Waals surface area contributed by atoms with Crippen LogP contribution in [0.5, 0.6) is 0 Å². The van der Waals surface area contributed by atoms with Gasteiger partial charge in [-0.3, -0.25) is 20.4 Å². The van der Waals surface area contributed by atoms with Crippen molar-refractivity contribution in [3.05, 3.63) is 83.9 Å². The van der Waals surface area contributed by atoms with Crippen molar-refractivity contribution in [1.82, 2.24) is 10.9 Å². The Labute approximate surface area is 163 Å². The van der Waals surface area contributed by atoms with Gasteiger partial charge in [0.05, 0.1) is 0 Å². The van der Waals surface area contributed by atoms with Crippen LogP contribution < -0.4 is 16.6 Å². The number of nitrogens with two attached hydrogens (primary N) is 1. The quantitative estimate of drug-likeness (QED) is 0.493. The van der Waals surface area contributed by atoms with E-state index >= 15 is 0 Å². The smallest absolute Gasteiger partial charge is 0.269 e. The molecule has 2 atom stereocenters. The van der Waals surface area contributed by atoms with Crippen LogP contribution in [0.25, 0.3) is 10.8 Å². The van der Waals surface area contributed by atoms with Gasteiger partial charge in [0, 0.05) is 11.6 Å². The molecule has 0 heterocycles. The second-order valence-electron chi connectivity index (χ2n) is 6.64. The molecule has 5 N–H and O–H groups in total. The third-order valence-corrected chi connectivity index (χ3v) is 4.59. The lowest BCUT2D eigenvalue weighted by atomic mass is 10.0. The predicted octanol–water partition coefficient (Wildman–Crippen LogP) is 1.92. The van der Waals surface area contributed by atoms with Gasteiger partial charge in [0.2, 0.25) is 0 Å². The highest BCUT2D eigenvalue weighted by molar-refractivity contribution is 5.99. The van der Waals surface area contributed by atoms with E-state index in [4.69, 9.17) is 5.73 Å². The summed E-state index contributed by atoms with van der Waals surface area (Å²) in [5.41, 5.74) is 12.0. The van der Waals surface area contributed by atoms with Gasteiger partial charge in [0.1, 0.15) is 6.10 Å². The summed E-state index contributed by atoms with van der Waals surface area (Å²) in [7, 11) is 0. The summed E-state index contributed by atoms with van der Waals surface area (Å²) in [5.74, 6) is -1.21. The Morgan fingerprint density at radius 2 is 1.57 bits per heavy atom. The van der Waals surface area contributed by atoms with Crippen LogP contribution in [0.15, 0.2) is 72.8 Å². The molecule has 0 saturated heterocycles. The Bertz CT molecular complexity index is 959. The summed E-state index contributed by atoms with van der Waals surface area (Å²) < 4.78 is 0. The fraction of sp³-hybridized carbons (Fsp3) is 0.182. The van der Waals surface area contributed by atoms with Crippen LogP contribution >= 0.6 is 0 Å². The lowest BCUT2D eigenvalue weighted by Gasteiger charge is -2.18. The molecule has 3 aromatic carbocycles. The molecule has 0 unspecified atom stereocenters. The maximum Gasteiger partial charge on any atom is 0.269 e. The van der Waals surface area contributed by atoms with Crippen molar-refractivity contribution in [2.45, 2.75) is 25.0 Å². The Morgan fingerprint density at radius 3 is 2.32 bits per heavy atom. The van der Waals surface area contributed by atoms with Gasteiger partial charge in [-0.05, 0) is 41.3 Å². The zero-order chi connectivity index (χ0) is 19.9. The third kappa shape index (κ3) is 4.94. The molecular formula is C22H23N3O3. The maximum atomic E-state index is 12.3. The van der Waals surface area contributed by atoms with Crippen LogP contribution in [0.1, 0.15) is 22.3 Å². The van der Waals surface area contributed by atoms with E-state index in [1.165, 1.54) is 0 Å². The van der Waals surface area contributed by atoms with E-state index in [1.807, 2.05) is 60.7 Å². The number of amides is 2. The standard InChI is InChI=1S/C22H23N3O3/c23-19(13-10-15-6-2-1-3-7-15)20(26)22(28)25-24-21(27)18-12-11-16-8-4-5-9-17(16)14-18/h1-9,11-12,14,19-20,26H,10,13,23H2,(H,24,27)(H,25,28)/t19-,20+/m1/s1. The first-order valence-corrected chi connectivity index (χ1v) is 9.11. The second kappa shape index (κ2) is 9.12. The molecule has 6 heteroatoms. The Hall–Kier alpha value is -3.22. The minimum Gasteiger partial charge on any atom is -0.382 e. The Balaban J connectivity index is 1.51. The molecule has 0 aliphatic rings. The monoisotopic (exact) mass is 377 g/mol. The summed E-state index contributed by atoms with van der Waals surface area (Å²) in [6.07, 6.45) is -0.326. The summed E-state index contributed by atoms with van der Waals surface area (Å²) in [5, 5.41) is 12.0. The van der Waals surface area contributed by atoms with Crippen molar-refractivity contribution in [2.24, 2.45) is 5.73 Å². The lowest BCUT2D eigenvalue weighted by molar-refractivity contribution is -0.131. The molecule has 28 heavy (non-hydrogen) atoms. The van der Waals surface area contributed by atoms with Crippen molar-refractivity contribution in [3.63, 3.8) is 0 Å². The normalized spacial score (nSPS) is 12.9. The van der Waals surface area contributed by atoms with E-state index in [2.05, 4.69) is 10.9 Å². The number of carbonyl (C=O) groups is 2. The third-order valence-electron chi connectivity index (χ3n) is 4.59. The number of hydrogen-bond acceptors (Lipinski definition) is 4. The average molecular weight is 377 g/mol. The van der Waals surface area contributed by atoms with Gasteiger partial charge in [-0.1, -0.05) is 60.7 Å². The van der Waals surface area contributed by atoms with Crippen molar-refractivity contribution in [1.29, 1.82) is 0 Å². The highest BCUT2D eigenvalue weighted by atomic mass is 16.3. The summed E-state index contributed by atoms with van der Waals surface area (Å²) >= 11 is 0. The molecule has 3 rings (SSSR count). The number of hydrazine groups is 1. The van der Waals surface area contributed by atoms with Gasteiger partial charge >= 0.3 is 0 Å². The topological polar surface area (TPSA) is 104 Å². The molecule has 0 aromatic heterocycles. The molecule has 0 radical (unpaired) electrons. The van der Waals surface area contributed by atoms with Crippen LogP contribution in [0.2, 0.25) is 0 Å². The average Bonchev–Trinajstić information content (AvgIpc) is 2.75. The largest absolute Gasteiger partial charge is 0.382 e. The van der Waals surface area contributed by atoms with Crippen molar-refractivity contribution < 1.29 is 14.7 Å². The number of aryl methyl sites for hydroxylation is 1. The van der Waals surface area contributed by atoms with Crippen molar-refractivity contribution in [2.75, 3.05) is 0 Å². The molecule has 0 saturated carbocycles. The van der Waals surface area contributed by atoms with Crippen LogP contribution in [0, 0.1) is 0 Å². The number of fused-ring (bicyclic) bond motifs is 1. The molecule has 0 aliphatic heterocycles. The highest BCUT2D eigenvalue weighted by Crippen LogP contribution is 2.15. The Morgan fingerprint density at radius 1 is 0.893 bits per heavy atom. The summed E-state index contributed by atoms with van der Waals surface area (Å²) in [6.45, 7) is 0. The zero-order valence-corrected chi connectivity index (χ0v) is 15.3. The van der Waals surface area contributed by atoms with Crippen molar-refractivity contribution >= 4 is 22.6 Å². The van der Waals surface area contributed by atoms with Crippen LogP contribution in [0.4, 0.5) is 0 Å². The van der Waals surface area contributed by atoms with E-state index in [1.54, 1.807) is 12.1 Å². The van der Waals surface area contributed by atoms with Crippen LogP contribution in [-0.4, -0.2) is 29.1 Å². The number of nitrogens with one attached hydrogen (secondary N) is 2. The van der Waals surface area contributed by atoms with Crippen molar-refractivity contribution in [3.8, 4) is 0 Å². The predicted molar refractivity (Wildman–Crippen MR) is 108 cm³/mol. The van der Waals surface area contributed by atoms with Crippen LogP contribution in [0.3, 0.4) is 0 Å². The fourth-order valence-electron chi connectivity index (χ4n) is 2.93. The van der Waals surface area contributed by atoms with Gasteiger partial charge in [-0.15, -0.1) is 0 Å². The van der Waals surface area contributed by atoms with E-state index < -0.39 is 24.0 Å². The lowest BCUT2D eigenvalue weighted by Crippen LogP contribution is -2.52. The van der Waals surface area contributed by atoms with Gasteiger partial charge in [0.25, 0.3) is 11.8 Å². The summed E-state index contributed by atoms with van der Waals surface area (Å²) in [4.78, 5) is 24.3. The first kappa shape index (κ1) is 19.5. The fourth-order valence-corrected chi connectivity index (χ4v) is 2.93. The number of aliphatic hydroxyl groups is 1. The molecule has 0 aliphatic carbocycles. The zero-order valence-electron chi connectivity index (χ0n) is 15.3. The molecule has 0 bridgehead atoms. The molecule has 0 spiro atoms. The highest BCUT2D eigenvalue weighted by Gasteiger charge is 2.23. The molecule has 2 amide bonds. The first-order chi connectivity index (χ1) is 13.5. The van der Waals surface area contributed by atoms with Crippen LogP contribution in [-0.2, 0) is 11.2 Å². The molecule has 0 fully saturated rings. The van der Waals surface area contributed by atoms with E-state index in [0.717, 1.165) is 16.3 Å². The van der Waals surface area contributed by atoms with E-state index in [-0.39, 0.29) is 0 Å². The van der Waals surface area contributed by atoms with Gasteiger partial charge in [0.15, 0.2) is 0 Å². The minimum absolute atomic E-state index is 0.405. The number of rotatable bonds is 6. The summed E-state index contributed by atoms with van der Waals surface area (Å²) in [6, 6.07) is 21.9. The van der Waals surface area contributed by atoms with Gasteiger partial charge in [-0.25, -0.2) is 0 Å². The molecule has 3 aromatic rings. The SMILES string of the molecule is N[C@H](CCc1ccccc1)[C@H](O)C(=O)NNC(=O)c1ccc2ccccc2c1. The van der Waals surface area contributed by atoms with Gasteiger partial charge in [-0.2, -0.15) is 0 Å². The molecular weight excluding hydrogens is 354 g/mol. The number of carbonyl (C=O) groups excluding carboxylic acids is 2. The van der Waals surface area contributed by atoms with Gasteiger partial charge < -0.3 is 10.8 Å². The number of aliphatic hydroxyl groups excluding tert-OH is 1. The number of benzene rings is 3. The number of hydrogen-bond donors (Lipinski definition) is 4. The molecule has 6 nitrogen and oxygen atoms in total. The second-order valence-corrected chi connectivity index (χ2v) is 6.64. The van der Waals surface area contributed by atoms with E-state index in [9.17, 15) is 14.7 Å². The first-order valence-electron chi connectivity index (χ1n) is 9.11. The minimum atomic E-state index is -1.42. The Kier molecular flexibility index (Phi) is 6.37.